The van der Waals surface area contributed by atoms with Crippen LogP contribution in [0.1, 0.15) is 151 Å². The Bertz CT molecular complexity index is 1500. The predicted octanol–water partition coefficient (Wildman–Crippen LogP) is 13.3. The maximum absolute atomic E-state index is 2.49. The average molecular weight is 643 g/mol. The van der Waals surface area contributed by atoms with Crippen LogP contribution < -0.4 is 0 Å². The van der Waals surface area contributed by atoms with Gasteiger partial charge in [0.2, 0.25) is 0 Å². The van der Waals surface area contributed by atoms with Crippen LogP contribution in [-0.2, 0) is 54.8 Å². The molecule has 0 aliphatic rings. The summed E-state index contributed by atoms with van der Waals surface area (Å²) in [5.74, 6) is 0. The fourth-order valence-corrected chi connectivity index (χ4v) is 8.22. The van der Waals surface area contributed by atoms with Crippen LogP contribution in [-0.4, -0.2) is 0 Å². The summed E-state index contributed by atoms with van der Waals surface area (Å²) in [6.45, 7) is 21.8. The van der Waals surface area contributed by atoms with Gasteiger partial charge in [0.1, 0.15) is 0 Å². The zero-order valence-electron chi connectivity index (χ0n) is 32.1. The van der Waals surface area contributed by atoms with E-state index in [1.807, 2.05) is 0 Å². The Morgan fingerprint density at radius 2 is 0.646 bits per heavy atom. The van der Waals surface area contributed by atoms with Gasteiger partial charge in [0.15, 0.2) is 0 Å². The van der Waals surface area contributed by atoms with E-state index < -0.39 is 0 Å². The Hall–Kier alpha value is -3.12. The molecule has 0 aliphatic heterocycles. The second-order valence-electron chi connectivity index (χ2n) is 16.5. The lowest BCUT2D eigenvalue weighted by Gasteiger charge is -2.35. The van der Waals surface area contributed by atoms with Crippen molar-refractivity contribution in [2.24, 2.45) is 0 Å². The smallest absolute Gasteiger partial charge is 0.00603 e. The first-order chi connectivity index (χ1) is 22.9. The van der Waals surface area contributed by atoms with Crippen molar-refractivity contribution in [3.63, 3.8) is 0 Å². The molecular weight excluding hydrogens is 577 g/mol. The number of aryl methyl sites for hydroxylation is 3. The van der Waals surface area contributed by atoms with Crippen molar-refractivity contribution in [3.8, 4) is 0 Å². The van der Waals surface area contributed by atoms with Crippen LogP contribution in [0.25, 0.3) is 0 Å². The minimum Gasteiger partial charge on any atom is -0.0654 e. The maximum Gasteiger partial charge on any atom is -0.00603 e. The summed E-state index contributed by atoms with van der Waals surface area (Å²) in [5.41, 5.74) is 13.8. The molecule has 0 heteroatoms. The SMILES string of the molecule is CCCCc1ccccc1C(C)(C)Cc1cccc(CC(C)(C)c2ccccc2CCCC)c1CC(C)(C)c1ccccc1CCCC. The van der Waals surface area contributed by atoms with Crippen molar-refractivity contribution in [1.82, 2.24) is 0 Å². The molecule has 0 amide bonds. The highest BCUT2D eigenvalue weighted by Gasteiger charge is 2.32. The van der Waals surface area contributed by atoms with E-state index in [1.54, 1.807) is 5.56 Å². The second kappa shape index (κ2) is 17.0. The minimum atomic E-state index is 0.0154. The molecule has 0 nitrogen and oxygen atoms in total. The third-order valence-electron chi connectivity index (χ3n) is 10.9. The van der Waals surface area contributed by atoms with Crippen molar-refractivity contribution in [3.05, 3.63) is 141 Å². The van der Waals surface area contributed by atoms with E-state index in [1.165, 1.54) is 83.0 Å². The third-order valence-corrected chi connectivity index (χ3v) is 10.9. The first-order valence-electron chi connectivity index (χ1n) is 19.3. The van der Waals surface area contributed by atoms with Crippen LogP contribution in [0.4, 0.5) is 0 Å². The van der Waals surface area contributed by atoms with E-state index in [4.69, 9.17) is 0 Å². The monoisotopic (exact) mass is 643 g/mol. The number of benzene rings is 4. The van der Waals surface area contributed by atoms with Crippen LogP contribution >= 0.6 is 0 Å². The molecular formula is C48H66. The molecule has 48 heavy (non-hydrogen) atoms. The van der Waals surface area contributed by atoms with Gasteiger partial charge in [0, 0.05) is 0 Å². The molecule has 258 valence electrons. The molecule has 0 unspecified atom stereocenters. The molecule has 0 aliphatic carbocycles. The molecule has 0 saturated carbocycles. The number of rotatable bonds is 18. The summed E-state index contributed by atoms with van der Waals surface area (Å²) >= 11 is 0. The van der Waals surface area contributed by atoms with Gasteiger partial charge in [-0.15, -0.1) is 0 Å². The molecule has 0 saturated heterocycles. The first kappa shape index (κ1) is 37.7. The molecule has 0 spiro atoms. The van der Waals surface area contributed by atoms with Crippen molar-refractivity contribution in [1.29, 1.82) is 0 Å². The molecule has 0 heterocycles. The zero-order valence-corrected chi connectivity index (χ0v) is 32.1. The molecule has 4 rings (SSSR count). The Balaban J connectivity index is 1.82. The van der Waals surface area contributed by atoms with E-state index in [-0.39, 0.29) is 16.2 Å². The minimum absolute atomic E-state index is 0.0154. The van der Waals surface area contributed by atoms with Gasteiger partial charge in [-0.1, -0.05) is 173 Å². The predicted molar refractivity (Wildman–Crippen MR) is 212 cm³/mol. The summed E-state index contributed by atoms with van der Waals surface area (Å²) in [4.78, 5) is 0. The second-order valence-corrected chi connectivity index (χ2v) is 16.5. The van der Waals surface area contributed by atoms with Gasteiger partial charge >= 0.3 is 0 Å². The lowest BCUT2D eigenvalue weighted by Crippen LogP contribution is -2.29. The average Bonchev–Trinajstić information content (AvgIpc) is 3.07. The highest BCUT2D eigenvalue weighted by molar-refractivity contribution is 5.45. The van der Waals surface area contributed by atoms with E-state index in [0.717, 1.165) is 38.5 Å². The Kier molecular flexibility index (Phi) is 13.4. The van der Waals surface area contributed by atoms with Gasteiger partial charge < -0.3 is 0 Å². The Morgan fingerprint density at radius 3 is 0.979 bits per heavy atom. The van der Waals surface area contributed by atoms with Crippen LogP contribution in [0.15, 0.2) is 91.0 Å². The Morgan fingerprint density at radius 1 is 0.354 bits per heavy atom. The fourth-order valence-electron chi connectivity index (χ4n) is 8.22. The maximum atomic E-state index is 2.49. The van der Waals surface area contributed by atoms with Crippen molar-refractivity contribution >= 4 is 0 Å². The van der Waals surface area contributed by atoms with E-state index in [2.05, 4.69) is 153 Å². The lowest BCUT2D eigenvalue weighted by molar-refractivity contribution is 0.480. The summed E-state index contributed by atoms with van der Waals surface area (Å²) in [7, 11) is 0. The lowest BCUT2D eigenvalue weighted by atomic mass is 9.69. The standard InChI is InChI=1S/C48H66/c1-10-13-23-37-26-16-19-31-43(37)46(4,5)34-40-29-22-30-41(35-47(6,7)44-32-20-17-27-38(44)24-14-11-2)42(40)36-48(8,9)45-33-21-18-28-39(45)25-15-12-3/h16-22,26-33H,10-15,23-25,34-36H2,1-9H3. The van der Waals surface area contributed by atoms with Gasteiger partial charge in [-0.2, -0.15) is 0 Å². The third kappa shape index (κ3) is 9.52. The fraction of sp³-hybridized carbons (Fsp3) is 0.500. The topological polar surface area (TPSA) is 0 Å². The van der Waals surface area contributed by atoms with Gasteiger partial charge in [-0.3, -0.25) is 0 Å². The molecule has 0 N–H and O–H groups in total. The summed E-state index contributed by atoms with van der Waals surface area (Å²) in [6.07, 6.45) is 14.0. The summed E-state index contributed by atoms with van der Waals surface area (Å²) in [6, 6.07) is 35.1. The first-order valence-corrected chi connectivity index (χ1v) is 19.3. The van der Waals surface area contributed by atoms with Crippen LogP contribution in [0, 0.1) is 0 Å². The van der Waals surface area contributed by atoms with Crippen LogP contribution in [0.2, 0.25) is 0 Å². The molecule has 0 bridgehead atoms. The van der Waals surface area contributed by atoms with Gasteiger partial charge in [-0.05, 0) is 124 Å². The van der Waals surface area contributed by atoms with Crippen molar-refractivity contribution in [2.45, 2.75) is 156 Å². The molecule has 0 fully saturated rings. The highest BCUT2D eigenvalue weighted by atomic mass is 14.4. The van der Waals surface area contributed by atoms with E-state index in [0.29, 0.717) is 0 Å². The van der Waals surface area contributed by atoms with Crippen molar-refractivity contribution < 1.29 is 0 Å². The molecule has 0 atom stereocenters. The molecule has 4 aromatic carbocycles. The number of hydrogen-bond acceptors (Lipinski definition) is 0. The van der Waals surface area contributed by atoms with Crippen LogP contribution in [0.5, 0.6) is 0 Å². The number of unbranched alkanes of at least 4 members (excludes halogenated alkanes) is 3. The normalized spacial score (nSPS) is 12.4. The van der Waals surface area contributed by atoms with Crippen LogP contribution in [0.3, 0.4) is 0 Å². The molecule has 4 aromatic rings. The highest BCUT2D eigenvalue weighted by Crippen LogP contribution is 2.39. The zero-order chi connectivity index (χ0) is 34.8. The van der Waals surface area contributed by atoms with Crippen molar-refractivity contribution in [2.75, 3.05) is 0 Å². The largest absolute Gasteiger partial charge is 0.0654 e. The Labute approximate surface area is 295 Å². The molecule has 0 radical (unpaired) electrons. The van der Waals surface area contributed by atoms with E-state index in [9.17, 15) is 0 Å². The van der Waals surface area contributed by atoms with Gasteiger partial charge in [0.05, 0.1) is 0 Å². The van der Waals surface area contributed by atoms with E-state index >= 15 is 0 Å². The van der Waals surface area contributed by atoms with Gasteiger partial charge in [-0.25, -0.2) is 0 Å². The van der Waals surface area contributed by atoms with Gasteiger partial charge in [0.25, 0.3) is 0 Å². The summed E-state index contributed by atoms with van der Waals surface area (Å²) < 4.78 is 0. The number of hydrogen-bond donors (Lipinski definition) is 0. The summed E-state index contributed by atoms with van der Waals surface area (Å²) in [5, 5.41) is 0. The quantitative estimate of drug-likeness (QED) is 0.101. The molecule has 0 aromatic heterocycles.